The highest BCUT2D eigenvalue weighted by Crippen LogP contribution is 2.29. The smallest absolute Gasteiger partial charge is 0.146 e. The topological polar surface area (TPSA) is 35.0 Å². The fourth-order valence-corrected chi connectivity index (χ4v) is 1.91. The lowest BCUT2D eigenvalue weighted by Gasteiger charge is -2.17. The lowest BCUT2D eigenvalue weighted by atomic mass is 9.95. The van der Waals surface area contributed by atoms with Crippen molar-refractivity contribution >= 4 is 0 Å². The molecule has 2 rings (SSSR count). The Labute approximate surface area is 78.1 Å². The van der Waals surface area contributed by atoms with Crippen LogP contribution in [-0.4, -0.2) is 17.3 Å². The number of aryl methyl sites for hydroxylation is 2. The normalized spacial score (nSPS) is 15.2. The van der Waals surface area contributed by atoms with E-state index >= 15 is 0 Å². The molecular formula is C10H14N2O. The van der Waals surface area contributed by atoms with Crippen LogP contribution in [0.2, 0.25) is 0 Å². The van der Waals surface area contributed by atoms with Crippen LogP contribution < -0.4 is 4.74 Å². The van der Waals surface area contributed by atoms with E-state index in [-0.39, 0.29) is 0 Å². The van der Waals surface area contributed by atoms with Crippen LogP contribution in [0.4, 0.5) is 0 Å². The Bertz CT molecular complexity index is 323. The summed E-state index contributed by atoms with van der Waals surface area (Å²) < 4.78 is 5.34. The minimum atomic E-state index is 0.906. The molecule has 13 heavy (non-hydrogen) atoms. The Morgan fingerprint density at radius 3 is 2.69 bits per heavy atom. The average Bonchev–Trinajstić information content (AvgIpc) is 2.18. The van der Waals surface area contributed by atoms with Crippen LogP contribution in [0.25, 0.3) is 0 Å². The number of aromatic nitrogens is 2. The van der Waals surface area contributed by atoms with Gasteiger partial charge >= 0.3 is 0 Å². The molecule has 0 saturated carbocycles. The summed E-state index contributed by atoms with van der Waals surface area (Å²) in [6.45, 7) is 1.95. The molecule has 0 amide bonds. The number of hydrogen-bond donors (Lipinski definition) is 0. The van der Waals surface area contributed by atoms with Gasteiger partial charge in [-0.2, -0.15) is 10.2 Å². The zero-order chi connectivity index (χ0) is 9.26. The monoisotopic (exact) mass is 178 g/mol. The molecule has 3 nitrogen and oxygen atoms in total. The van der Waals surface area contributed by atoms with Crippen molar-refractivity contribution in [1.29, 1.82) is 0 Å². The minimum Gasteiger partial charge on any atom is -0.494 e. The quantitative estimate of drug-likeness (QED) is 0.656. The number of fused-ring (bicyclic) bond motifs is 1. The second-order valence-electron chi connectivity index (χ2n) is 3.45. The summed E-state index contributed by atoms with van der Waals surface area (Å²) in [5, 5.41) is 8.29. The van der Waals surface area contributed by atoms with E-state index in [9.17, 15) is 0 Å². The number of ether oxygens (including phenoxy) is 1. The van der Waals surface area contributed by atoms with Crippen molar-refractivity contribution in [3.05, 3.63) is 17.0 Å². The van der Waals surface area contributed by atoms with Crippen LogP contribution in [0, 0.1) is 6.92 Å². The molecule has 0 saturated heterocycles. The van der Waals surface area contributed by atoms with E-state index in [0.29, 0.717) is 0 Å². The highest BCUT2D eigenvalue weighted by molar-refractivity contribution is 5.39. The van der Waals surface area contributed by atoms with Crippen molar-refractivity contribution in [1.82, 2.24) is 10.2 Å². The molecule has 0 bridgehead atoms. The summed E-state index contributed by atoms with van der Waals surface area (Å²) in [5.41, 5.74) is 3.32. The van der Waals surface area contributed by atoms with Crippen LogP contribution in [0.5, 0.6) is 5.75 Å². The van der Waals surface area contributed by atoms with Gasteiger partial charge in [-0.1, -0.05) is 0 Å². The molecule has 0 aromatic carbocycles. The summed E-state index contributed by atoms with van der Waals surface area (Å²) >= 11 is 0. The second-order valence-corrected chi connectivity index (χ2v) is 3.45. The Morgan fingerprint density at radius 1 is 1.15 bits per heavy atom. The molecule has 0 unspecified atom stereocenters. The van der Waals surface area contributed by atoms with E-state index in [2.05, 4.69) is 10.2 Å². The van der Waals surface area contributed by atoms with E-state index in [1.54, 1.807) is 7.11 Å². The summed E-state index contributed by atoms with van der Waals surface area (Å²) in [6.07, 6.45) is 4.62. The van der Waals surface area contributed by atoms with E-state index < -0.39 is 0 Å². The van der Waals surface area contributed by atoms with Crippen molar-refractivity contribution in [3.8, 4) is 5.75 Å². The van der Waals surface area contributed by atoms with E-state index in [0.717, 1.165) is 30.0 Å². The lowest BCUT2D eigenvalue weighted by Crippen LogP contribution is -2.10. The summed E-state index contributed by atoms with van der Waals surface area (Å²) in [4.78, 5) is 0. The van der Waals surface area contributed by atoms with Crippen LogP contribution in [0.15, 0.2) is 0 Å². The zero-order valence-corrected chi connectivity index (χ0v) is 8.13. The molecule has 1 heterocycles. The predicted molar refractivity (Wildman–Crippen MR) is 50.0 cm³/mol. The first-order valence-electron chi connectivity index (χ1n) is 4.72. The SMILES string of the molecule is COc1c(C)nnc2c1CCCC2. The summed E-state index contributed by atoms with van der Waals surface area (Å²) in [7, 11) is 1.71. The number of rotatable bonds is 1. The van der Waals surface area contributed by atoms with Crippen molar-refractivity contribution < 1.29 is 4.74 Å². The first-order chi connectivity index (χ1) is 6.33. The van der Waals surface area contributed by atoms with E-state index in [4.69, 9.17) is 4.74 Å². The fraction of sp³-hybridized carbons (Fsp3) is 0.600. The Balaban J connectivity index is 2.52. The Hall–Kier alpha value is -1.12. The first-order valence-corrected chi connectivity index (χ1v) is 4.72. The van der Waals surface area contributed by atoms with Gasteiger partial charge in [0, 0.05) is 5.56 Å². The van der Waals surface area contributed by atoms with Crippen LogP contribution in [0.3, 0.4) is 0 Å². The molecule has 0 fully saturated rings. The van der Waals surface area contributed by atoms with Crippen LogP contribution >= 0.6 is 0 Å². The Morgan fingerprint density at radius 2 is 1.92 bits per heavy atom. The third kappa shape index (κ3) is 1.39. The van der Waals surface area contributed by atoms with Gasteiger partial charge in [0.25, 0.3) is 0 Å². The fourth-order valence-electron chi connectivity index (χ4n) is 1.91. The maximum absolute atomic E-state index is 5.34. The van der Waals surface area contributed by atoms with Gasteiger partial charge in [-0.3, -0.25) is 0 Å². The molecule has 0 N–H and O–H groups in total. The molecule has 1 aliphatic carbocycles. The van der Waals surface area contributed by atoms with Gasteiger partial charge in [0.15, 0.2) is 0 Å². The summed E-state index contributed by atoms with van der Waals surface area (Å²) in [6, 6.07) is 0. The molecule has 1 aliphatic rings. The molecule has 0 spiro atoms. The Kier molecular flexibility index (Phi) is 2.17. The minimum absolute atomic E-state index is 0.906. The van der Waals surface area contributed by atoms with Crippen LogP contribution in [0.1, 0.15) is 29.8 Å². The molecule has 0 aliphatic heterocycles. The van der Waals surface area contributed by atoms with Crippen molar-refractivity contribution in [2.45, 2.75) is 32.6 Å². The number of methoxy groups -OCH3 is 1. The zero-order valence-electron chi connectivity index (χ0n) is 8.13. The third-order valence-electron chi connectivity index (χ3n) is 2.57. The third-order valence-corrected chi connectivity index (χ3v) is 2.57. The second kappa shape index (κ2) is 3.32. The van der Waals surface area contributed by atoms with Crippen molar-refractivity contribution in [2.75, 3.05) is 7.11 Å². The average molecular weight is 178 g/mol. The van der Waals surface area contributed by atoms with Crippen molar-refractivity contribution in [2.24, 2.45) is 0 Å². The first kappa shape index (κ1) is 8.48. The maximum atomic E-state index is 5.34. The summed E-state index contributed by atoms with van der Waals surface area (Å²) in [5.74, 6) is 0.949. The molecule has 0 atom stereocenters. The van der Waals surface area contributed by atoms with Gasteiger partial charge in [0.2, 0.25) is 0 Å². The standard InChI is InChI=1S/C10H14N2O/c1-7-10(13-2)8-5-3-4-6-9(8)12-11-7/h3-6H2,1-2H3. The highest BCUT2D eigenvalue weighted by atomic mass is 16.5. The maximum Gasteiger partial charge on any atom is 0.146 e. The van der Waals surface area contributed by atoms with Gasteiger partial charge in [-0.25, -0.2) is 0 Å². The van der Waals surface area contributed by atoms with Crippen molar-refractivity contribution in [3.63, 3.8) is 0 Å². The molecule has 1 aromatic rings. The van der Waals surface area contributed by atoms with Gasteiger partial charge in [0.1, 0.15) is 11.4 Å². The van der Waals surface area contributed by atoms with Crippen LogP contribution in [-0.2, 0) is 12.8 Å². The molecular weight excluding hydrogens is 164 g/mol. The molecule has 0 radical (unpaired) electrons. The largest absolute Gasteiger partial charge is 0.494 e. The van der Waals surface area contributed by atoms with E-state index in [1.807, 2.05) is 6.92 Å². The molecule has 3 heteroatoms. The molecule has 70 valence electrons. The van der Waals surface area contributed by atoms with Gasteiger partial charge in [0.05, 0.1) is 12.8 Å². The number of nitrogens with zero attached hydrogens (tertiary/aromatic N) is 2. The molecule has 1 aromatic heterocycles. The van der Waals surface area contributed by atoms with Gasteiger partial charge in [-0.15, -0.1) is 0 Å². The van der Waals surface area contributed by atoms with Gasteiger partial charge < -0.3 is 4.74 Å². The van der Waals surface area contributed by atoms with E-state index in [1.165, 1.54) is 18.4 Å². The van der Waals surface area contributed by atoms with Gasteiger partial charge in [-0.05, 0) is 32.6 Å². The number of hydrogen-bond acceptors (Lipinski definition) is 3. The lowest BCUT2D eigenvalue weighted by molar-refractivity contribution is 0.397. The highest BCUT2D eigenvalue weighted by Gasteiger charge is 2.17. The predicted octanol–water partition coefficient (Wildman–Crippen LogP) is 1.67.